The van der Waals surface area contributed by atoms with Crippen LogP contribution in [0.5, 0.6) is 5.75 Å². The highest BCUT2D eigenvalue weighted by molar-refractivity contribution is 5.44. The Morgan fingerprint density at radius 1 is 1.36 bits per heavy atom. The number of nitriles is 1. The van der Waals surface area contributed by atoms with Gasteiger partial charge in [-0.1, -0.05) is 13.3 Å². The Morgan fingerprint density at radius 2 is 2.09 bits per heavy atom. The van der Waals surface area contributed by atoms with Gasteiger partial charge in [0.1, 0.15) is 11.9 Å². The van der Waals surface area contributed by atoms with Crippen LogP contribution in [0.3, 0.4) is 0 Å². The zero-order chi connectivity index (χ0) is 16.2. The molecule has 0 amide bonds. The van der Waals surface area contributed by atoms with Crippen molar-refractivity contribution < 1.29 is 17.9 Å². The van der Waals surface area contributed by atoms with E-state index in [9.17, 15) is 13.2 Å². The van der Waals surface area contributed by atoms with Crippen LogP contribution in [-0.4, -0.2) is 18.7 Å². The van der Waals surface area contributed by atoms with Crippen molar-refractivity contribution in [2.24, 2.45) is 0 Å². The molecule has 0 aromatic heterocycles. The van der Waals surface area contributed by atoms with E-state index < -0.39 is 17.3 Å². The molecule has 1 aromatic carbocycles. The molecule has 0 aliphatic heterocycles. The van der Waals surface area contributed by atoms with Crippen molar-refractivity contribution >= 4 is 0 Å². The minimum atomic E-state index is -4.52. The monoisotopic (exact) mass is 312 g/mol. The van der Waals surface area contributed by atoms with Crippen molar-refractivity contribution in [1.29, 1.82) is 5.26 Å². The first-order valence-electron chi connectivity index (χ1n) is 7.45. The molecule has 22 heavy (non-hydrogen) atoms. The Morgan fingerprint density at radius 3 is 2.68 bits per heavy atom. The SMILES string of the molecule is CCCCNC1CC(Oc2ccc(C(F)(F)F)c(C#N)c2)C1. The molecule has 1 saturated carbocycles. The maximum atomic E-state index is 12.7. The fourth-order valence-corrected chi connectivity index (χ4v) is 2.44. The first kappa shape index (κ1) is 16.6. The average molecular weight is 312 g/mol. The van der Waals surface area contributed by atoms with Gasteiger partial charge in [0.05, 0.1) is 17.2 Å². The zero-order valence-corrected chi connectivity index (χ0v) is 12.4. The van der Waals surface area contributed by atoms with Gasteiger partial charge in [-0.05, 0) is 44.0 Å². The first-order chi connectivity index (χ1) is 10.4. The topological polar surface area (TPSA) is 45.0 Å². The molecule has 0 unspecified atom stereocenters. The van der Waals surface area contributed by atoms with Gasteiger partial charge in [-0.15, -0.1) is 0 Å². The molecule has 1 aromatic rings. The minimum Gasteiger partial charge on any atom is -0.490 e. The molecular weight excluding hydrogens is 293 g/mol. The van der Waals surface area contributed by atoms with E-state index >= 15 is 0 Å². The molecule has 1 aliphatic carbocycles. The van der Waals surface area contributed by atoms with E-state index in [0.29, 0.717) is 11.8 Å². The van der Waals surface area contributed by atoms with Gasteiger partial charge in [-0.25, -0.2) is 0 Å². The Kier molecular flexibility index (Phi) is 5.30. The Hall–Kier alpha value is -1.74. The highest BCUT2D eigenvalue weighted by atomic mass is 19.4. The van der Waals surface area contributed by atoms with Crippen molar-refractivity contribution in [3.8, 4) is 11.8 Å². The van der Waals surface area contributed by atoms with Gasteiger partial charge in [0, 0.05) is 6.04 Å². The van der Waals surface area contributed by atoms with Gasteiger partial charge < -0.3 is 10.1 Å². The van der Waals surface area contributed by atoms with Crippen LogP contribution in [0.2, 0.25) is 0 Å². The van der Waals surface area contributed by atoms with Crippen molar-refractivity contribution in [3.05, 3.63) is 29.3 Å². The van der Waals surface area contributed by atoms with Crippen molar-refractivity contribution in [2.75, 3.05) is 6.54 Å². The van der Waals surface area contributed by atoms with Crippen molar-refractivity contribution in [3.63, 3.8) is 0 Å². The van der Waals surface area contributed by atoms with Crippen molar-refractivity contribution in [2.45, 2.75) is 50.9 Å². The van der Waals surface area contributed by atoms with E-state index in [0.717, 1.165) is 38.3 Å². The van der Waals surface area contributed by atoms with E-state index in [-0.39, 0.29) is 6.10 Å². The number of alkyl halides is 3. The summed E-state index contributed by atoms with van der Waals surface area (Å²) in [6.45, 7) is 3.11. The summed E-state index contributed by atoms with van der Waals surface area (Å²) < 4.78 is 43.8. The molecule has 0 heterocycles. The molecule has 1 aliphatic rings. The Bertz CT molecular complexity index is 545. The highest BCUT2D eigenvalue weighted by Crippen LogP contribution is 2.34. The van der Waals surface area contributed by atoms with Crippen LogP contribution in [0.4, 0.5) is 13.2 Å². The third kappa shape index (κ3) is 4.14. The quantitative estimate of drug-likeness (QED) is 0.811. The number of benzene rings is 1. The lowest BCUT2D eigenvalue weighted by Gasteiger charge is -2.36. The summed E-state index contributed by atoms with van der Waals surface area (Å²) in [4.78, 5) is 0. The summed E-state index contributed by atoms with van der Waals surface area (Å²) in [5, 5.41) is 12.3. The summed E-state index contributed by atoms with van der Waals surface area (Å²) in [6, 6.07) is 5.35. The van der Waals surface area contributed by atoms with E-state index in [1.165, 1.54) is 12.1 Å². The fourth-order valence-electron chi connectivity index (χ4n) is 2.44. The largest absolute Gasteiger partial charge is 0.490 e. The van der Waals surface area contributed by atoms with Gasteiger partial charge >= 0.3 is 6.18 Å². The lowest BCUT2D eigenvalue weighted by Crippen LogP contribution is -2.47. The van der Waals surface area contributed by atoms with E-state index in [1.807, 2.05) is 0 Å². The molecule has 0 spiro atoms. The molecule has 0 saturated heterocycles. The molecule has 0 radical (unpaired) electrons. The normalized spacial score (nSPS) is 21.0. The summed E-state index contributed by atoms with van der Waals surface area (Å²) in [6.07, 6.45) is -0.565. The number of ether oxygens (including phenoxy) is 1. The van der Waals surface area contributed by atoms with E-state index in [4.69, 9.17) is 10.00 Å². The average Bonchev–Trinajstić information content (AvgIpc) is 2.43. The summed E-state index contributed by atoms with van der Waals surface area (Å²) in [5.74, 6) is 0.321. The third-order valence-corrected chi connectivity index (χ3v) is 3.78. The van der Waals surface area contributed by atoms with Crippen molar-refractivity contribution in [1.82, 2.24) is 5.32 Å². The summed E-state index contributed by atoms with van der Waals surface area (Å²) >= 11 is 0. The molecule has 1 N–H and O–H groups in total. The van der Waals surface area contributed by atoms with Gasteiger partial charge in [0.15, 0.2) is 0 Å². The van der Waals surface area contributed by atoms with Gasteiger partial charge in [0.2, 0.25) is 0 Å². The van der Waals surface area contributed by atoms with Gasteiger partial charge in [0.25, 0.3) is 0 Å². The molecule has 2 rings (SSSR count). The van der Waals surface area contributed by atoms with E-state index in [2.05, 4.69) is 12.2 Å². The predicted octanol–water partition coefficient (Wildman–Crippen LogP) is 3.88. The number of rotatable bonds is 6. The molecule has 0 atom stereocenters. The fraction of sp³-hybridized carbons (Fsp3) is 0.562. The lowest BCUT2D eigenvalue weighted by molar-refractivity contribution is -0.137. The zero-order valence-electron chi connectivity index (χ0n) is 12.4. The minimum absolute atomic E-state index is 0.00223. The number of unbranched alkanes of at least 4 members (excludes halogenated alkanes) is 1. The number of nitrogens with zero attached hydrogens (tertiary/aromatic N) is 1. The number of nitrogens with one attached hydrogen (secondary N) is 1. The van der Waals surface area contributed by atoms with Gasteiger partial charge in [-0.3, -0.25) is 0 Å². The highest BCUT2D eigenvalue weighted by Gasteiger charge is 2.34. The number of hydrogen-bond donors (Lipinski definition) is 1. The second-order valence-corrected chi connectivity index (χ2v) is 5.53. The maximum absolute atomic E-state index is 12.7. The van der Waals surface area contributed by atoms with Crippen LogP contribution in [0.25, 0.3) is 0 Å². The number of hydrogen-bond acceptors (Lipinski definition) is 3. The van der Waals surface area contributed by atoms with Crippen LogP contribution in [0.15, 0.2) is 18.2 Å². The van der Waals surface area contributed by atoms with Gasteiger partial charge in [-0.2, -0.15) is 18.4 Å². The van der Waals surface area contributed by atoms with Crippen LogP contribution >= 0.6 is 0 Å². The standard InChI is InChI=1S/C16H19F3N2O/c1-2-3-6-21-12-8-14(9-12)22-13-4-5-15(16(17,18)19)11(7-13)10-20/h4-5,7,12,14,21H,2-3,6,8-9H2,1H3. The molecular formula is C16H19F3N2O. The molecule has 1 fully saturated rings. The van der Waals surface area contributed by atoms with Crippen LogP contribution in [0, 0.1) is 11.3 Å². The first-order valence-corrected chi connectivity index (χ1v) is 7.45. The second-order valence-electron chi connectivity index (χ2n) is 5.53. The Balaban J connectivity index is 1.89. The summed E-state index contributed by atoms with van der Waals surface area (Å²) in [7, 11) is 0. The maximum Gasteiger partial charge on any atom is 0.417 e. The molecule has 3 nitrogen and oxygen atoms in total. The smallest absolute Gasteiger partial charge is 0.417 e. The summed E-state index contributed by atoms with van der Waals surface area (Å²) in [5.41, 5.74) is -1.32. The molecule has 0 bridgehead atoms. The lowest BCUT2D eigenvalue weighted by atomic mass is 9.89. The Labute approximate surface area is 128 Å². The number of halogens is 3. The predicted molar refractivity (Wildman–Crippen MR) is 76.5 cm³/mol. The van der Waals surface area contributed by atoms with Crippen LogP contribution in [-0.2, 0) is 6.18 Å². The molecule has 6 heteroatoms. The third-order valence-electron chi connectivity index (χ3n) is 3.78. The van der Waals surface area contributed by atoms with Crippen LogP contribution in [0.1, 0.15) is 43.7 Å². The second kappa shape index (κ2) is 7.01. The van der Waals surface area contributed by atoms with E-state index in [1.54, 1.807) is 6.07 Å². The molecule has 120 valence electrons. The van der Waals surface area contributed by atoms with Crippen LogP contribution < -0.4 is 10.1 Å².